The number of nitrogens with zero attached hydrogens (tertiary/aromatic N) is 1. The summed E-state index contributed by atoms with van der Waals surface area (Å²) in [4.78, 5) is 0. The van der Waals surface area contributed by atoms with Crippen LogP contribution in [0.25, 0.3) is 0 Å². The van der Waals surface area contributed by atoms with Crippen LogP contribution in [0.2, 0.25) is 0 Å². The number of nitrogens with one attached hydrogen (secondary N) is 1. The molecular formula is C15H24N2O2S. The summed E-state index contributed by atoms with van der Waals surface area (Å²) in [6.45, 7) is 5.75. The first-order chi connectivity index (χ1) is 9.69. The SMILES string of the molecule is Cc1noc(C)c1CNC1CCOC2(CCSCC2)C1. The number of hydrogen-bond acceptors (Lipinski definition) is 5. The lowest BCUT2D eigenvalue weighted by molar-refractivity contribution is -0.0933. The third kappa shape index (κ3) is 3.05. The Morgan fingerprint density at radius 3 is 2.85 bits per heavy atom. The molecule has 1 spiro atoms. The Hall–Kier alpha value is -0.520. The number of aryl methyl sites for hydroxylation is 2. The Balaban J connectivity index is 1.58. The second-order valence-electron chi connectivity index (χ2n) is 6.02. The zero-order chi connectivity index (χ0) is 14.0. The minimum absolute atomic E-state index is 0.153. The van der Waals surface area contributed by atoms with Gasteiger partial charge in [0.25, 0.3) is 0 Å². The van der Waals surface area contributed by atoms with Crippen molar-refractivity contribution in [1.29, 1.82) is 0 Å². The molecular weight excluding hydrogens is 272 g/mol. The molecule has 3 rings (SSSR count). The highest BCUT2D eigenvalue weighted by atomic mass is 32.2. The van der Waals surface area contributed by atoms with Crippen molar-refractivity contribution in [2.45, 2.75) is 57.7 Å². The highest BCUT2D eigenvalue weighted by Gasteiger charge is 2.38. The summed E-state index contributed by atoms with van der Waals surface area (Å²) in [5, 5.41) is 7.71. The van der Waals surface area contributed by atoms with Crippen LogP contribution >= 0.6 is 11.8 Å². The maximum absolute atomic E-state index is 6.14. The van der Waals surface area contributed by atoms with Gasteiger partial charge in [-0.05, 0) is 51.0 Å². The maximum Gasteiger partial charge on any atom is 0.138 e. The van der Waals surface area contributed by atoms with Crippen molar-refractivity contribution >= 4 is 11.8 Å². The number of rotatable bonds is 3. The Labute approximate surface area is 125 Å². The average Bonchev–Trinajstić information content (AvgIpc) is 2.77. The smallest absolute Gasteiger partial charge is 0.138 e. The Morgan fingerprint density at radius 2 is 2.15 bits per heavy atom. The van der Waals surface area contributed by atoms with E-state index in [1.807, 2.05) is 13.8 Å². The third-order valence-electron chi connectivity index (χ3n) is 4.65. The van der Waals surface area contributed by atoms with Crippen LogP contribution in [-0.2, 0) is 11.3 Å². The molecule has 0 aromatic carbocycles. The normalized spacial score (nSPS) is 26.0. The predicted octanol–water partition coefficient (Wildman–Crippen LogP) is 2.83. The number of hydrogen-bond donors (Lipinski definition) is 1. The molecule has 2 saturated heterocycles. The zero-order valence-corrected chi connectivity index (χ0v) is 13.2. The number of ether oxygens (including phenoxy) is 1. The molecule has 112 valence electrons. The van der Waals surface area contributed by atoms with E-state index in [2.05, 4.69) is 22.2 Å². The molecule has 0 amide bonds. The molecule has 4 nitrogen and oxygen atoms in total. The first kappa shape index (κ1) is 14.4. The van der Waals surface area contributed by atoms with E-state index in [9.17, 15) is 0 Å². The van der Waals surface area contributed by atoms with Crippen LogP contribution < -0.4 is 5.32 Å². The van der Waals surface area contributed by atoms with Crippen LogP contribution in [0.5, 0.6) is 0 Å². The second-order valence-corrected chi connectivity index (χ2v) is 7.24. The Bertz CT molecular complexity index is 430. The molecule has 2 fully saturated rings. The van der Waals surface area contributed by atoms with E-state index in [0.717, 1.165) is 37.4 Å². The van der Waals surface area contributed by atoms with Gasteiger partial charge in [0.15, 0.2) is 0 Å². The van der Waals surface area contributed by atoms with Gasteiger partial charge in [-0.25, -0.2) is 0 Å². The fraction of sp³-hybridized carbons (Fsp3) is 0.800. The molecule has 1 aromatic rings. The standard InChI is InChI=1S/C15H24N2O2S/c1-11-14(12(2)19-17-11)10-16-13-3-6-18-15(9-13)4-7-20-8-5-15/h13,16H,3-10H2,1-2H3. The summed E-state index contributed by atoms with van der Waals surface area (Å²) in [7, 11) is 0. The van der Waals surface area contributed by atoms with Gasteiger partial charge < -0.3 is 14.6 Å². The average molecular weight is 296 g/mol. The van der Waals surface area contributed by atoms with Crippen molar-refractivity contribution in [2.75, 3.05) is 18.1 Å². The summed E-state index contributed by atoms with van der Waals surface area (Å²) in [5.74, 6) is 3.43. The minimum Gasteiger partial charge on any atom is -0.375 e. The van der Waals surface area contributed by atoms with Crippen LogP contribution in [0.15, 0.2) is 4.52 Å². The van der Waals surface area contributed by atoms with Gasteiger partial charge >= 0.3 is 0 Å². The van der Waals surface area contributed by atoms with E-state index >= 15 is 0 Å². The maximum atomic E-state index is 6.14. The predicted molar refractivity (Wildman–Crippen MR) is 81.1 cm³/mol. The van der Waals surface area contributed by atoms with Crippen LogP contribution in [0.4, 0.5) is 0 Å². The van der Waals surface area contributed by atoms with Crippen molar-refractivity contribution in [2.24, 2.45) is 0 Å². The van der Waals surface area contributed by atoms with E-state index in [0.29, 0.717) is 6.04 Å². The summed E-state index contributed by atoms with van der Waals surface area (Å²) in [5.41, 5.74) is 2.37. The van der Waals surface area contributed by atoms with E-state index in [1.165, 1.54) is 29.9 Å². The van der Waals surface area contributed by atoms with Gasteiger partial charge in [-0.2, -0.15) is 11.8 Å². The lowest BCUT2D eigenvalue weighted by Gasteiger charge is -2.43. The Morgan fingerprint density at radius 1 is 1.35 bits per heavy atom. The van der Waals surface area contributed by atoms with Gasteiger partial charge in [0.2, 0.25) is 0 Å². The first-order valence-electron chi connectivity index (χ1n) is 7.55. The lowest BCUT2D eigenvalue weighted by atomic mass is 9.85. The largest absolute Gasteiger partial charge is 0.375 e. The summed E-state index contributed by atoms with van der Waals surface area (Å²) >= 11 is 2.06. The van der Waals surface area contributed by atoms with Crippen molar-refractivity contribution in [3.8, 4) is 0 Å². The highest BCUT2D eigenvalue weighted by Crippen LogP contribution is 2.37. The van der Waals surface area contributed by atoms with E-state index in [1.54, 1.807) is 0 Å². The van der Waals surface area contributed by atoms with Crippen LogP contribution in [0, 0.1) is 13.8 Å². The zero-order valence-electron chi connectivity index (χ0n) is 12.4. The van der Waals surface area contributed by atoms with Crippen molar-refractivity contribution in [3.63, 3.8) is 0 Å². The minimum atomic E-state index is 0.153. The number of thioether (sulfide) groups is 1. The molecule has 20 heavy (non-hydrogen) atoms. The monoisotopic (exact) mass is 296 g/mol. The van der Waals surface area contributed by atoms with Gasteiger partial charge in [-0.1, -0.05) is 5.16 Å². The van der Waals surface area contributed by atoms with Crippen molar-refractivity contribution < 1.29 is 9.26 Å². The molecule has 0 saturated carbocycles. The third-order valence-corrected chi connectivity index (χ3v) is 5.63. The molecule has 0 bridgehead atoms. The summed E-state index contributed by atoms with van der Waals surface area (Å²) < 4.78 is 11.4. The van der Waals surface area contributed by atoms with Crippen molar-refractivity contribution in [3.05, 3.63) is 17.0 Å². The number of aromatic nitrogens is 1. The van der Waals surface area contributed by atoms with Crippen LogP contribution in [0.1, 0.15) is 42.7 Å². The molecule has 2 aliphatic heterocycles. The highest BCUT2D eigenvalue weighted by molar-refractivity contribution is 7.99. The van der Waals surface area contributed by atoms with Gasteiger partial charge in [0.1, 0.15) is 5.76 Å². The fourth-order valence-corrected chi connectivity index (χ4v) is 4.53. The molecule has 1 N–H and O–H groups in total. The molecule has 5 heteroatoms. The quantitative estimate of drug-likeness (QED) is 0.929. The van der Waals surface area contributed by atoms with E-state index in [4.69, 9.17) is 9.26 Å². The summed E-state index contributed by atoms with van der Waals surface area (Å²) in [6.07, 6.45) is 4.68. The molecule has 0 aliphatic carbocycles. The molecule has 2 aliphatic rings. The van der Waals surface area contributed by atoms with Crippen molar-refractivity contribution in [1.82, 2.24) is 10.5 Å². The second kappa shape index (κ2) is 6.08. The molecule has 3 heterocycles. The molecule has 1 unspecified atom stereocenters. The van der Waals surface area contributed by atoms with Gasteiger partial charge in [-0.15, -0.1) is 0 Å². The summed E-state index contributed by atoms with van der Waals surface area (Å²) in [6, 6.07) is 0.556. The topological polar surface area (TPSA) is 47.3 Å². The van der Waals surface area contributed by atoms with Crippen LogP contribution in [0.3, 0.4) is 0 Å². The fourth-order valence-electron chi connectivity index (χ4n) is 3.29. The van der Waals surface area contributed by atoms with Crippen LogP contribution in [-0.4, -0.2) is 34.9 Å². The first-order valence-corrected chi connectivity index (χ1v) is 8.71. The van der Waals surface area contributed by atoms with Gasteiger partial charge in [0, 0.05) is 24.8 Å². The van der Waals surface area contributed by atoms with Gasteiger partial charge in [0.05, 0.1) is 11.3 Å². The lowest BCUT2D eigenvalue weighted by Crippen LogP contribution is -2.48. The molecule has 1 aromatic heterocycles. The van der Waals surface area contributed by atoms with Gasteiger partial charge in [-0.3, -0.25) is 0 Å². The molecule has 1 atom stereocenters. The molecule has 0 radical (unpaired) electrons. The van der Waals surface area contributed by atoms with E-state index < -0.39 is 0 Å². The van der Waals surface area contributed by atoms with E-state index in [-0.39, 0.29) is 5.60 Å². The Kier molecular flexibility index (Phi) is 4.38.